The van der Waals surface area contributed by atoms with E-state index in [4.69, 9.17) is 15.0 Å². The van der Waals surface area contributed by atoms with Gasteiger partial charge in [-0.15, -0.1) is 0 Å². The van der Waals surface area contributed by atoms with Crippen molar-refractivity contribution in [3.8, 4) is 0 Å². The van der Waals surface area contributed by atoms with Crippen molar-refractivity contribution in [1.82, 2.24) is 5.32 Å². The summed E-state index contributed by atoms with van der Waals surface area (Å²) in [7, 11) is 1.67. The molecule has 0 aromatic heterocycles. The summed E-state index contributed by atoms with van der Waals surface area (Å²) in [4.78, 5) is 22.8. The summed E-state index contributed by atoms with van der Waals surface area (Å²) < 4.78 is 5.80. The SMILES string of the molecule is COC1CC(N=NC2CCC([N+](=O)[O-])CC2)C(NC(C)=O)CC1N=NC1CCC(O)C2CCCCC12. The average molecular weight is 507 g/mol. The minimum atomic E-state index is -0.474. The second-order valence-corrected chi connectivity index (χ2v) is 11.2. The van der Waals surface area contributed by atoms with E-state index in [0.717, 1.165) is 25.7 Å². The van der Waals surface area contributed by atoms with Gasteiger partial charge in [-0.3, -0.25) is 14.9 Å². The van der Waals surface area contributed by atoms with Crippen LogP contribution in [0.4, 0.5) is 0 Å². The number of ether oxygens (including phenoxy) is 1. The molecule has 0 aliphatic heterocycles. The third-order valence-electron chi connectivity index (χ3n) is 8.88. The Morgan fingerprint density at radius 2 is 1.56 bits per heavy atom. The van der Waals surface area contributed by atoms with Crippen LogP contribution in [0.5, 0.6) is 0 Å². The quantitative estimate of drug-likeness (QED) is 0.305. The van der Waals surface area contributed by atoms with Gasteiger partial charge in [0.25, 0.3) is 0 Å². The molecule has 11 heteroatoms. The number of rotatable bonds is 7. The van der Waals surface area contributed by atoms with E-state index in [2.05, 4.69) is 15.5 Å². The summed E-state index contributed by atoms with van der Waals surface area (Å²) in [6.45, 7) is 1.50. The molecule has 0 saturated heterocycles. The molecule has 8 atom stereocenters. The van der Waals surface area contributed by atoms with Crippen LogP contribution in [0, 0.1) is 22.0 Å². The van der Waals surface area contributed by atoms with E-state index in [-0.39, 0.29) is 53.2 Å². The van der Waals surface area contributed by atoms with Gasteiger partial charge in [-0.2, -0.15) is 20.5 Å². The van der Waals surface area contributed by atoms with Gasteiger partial charge in [-0.05, 0) is 56.8 Å². The summed E-state index contributed by atoms with van der Waals surface area (Å²) >= 11 is 0. The zero-order valence-electron chi connectivity index (χ0n) is 21.6. The molecular formula is C25H42N6O5. The number of carbonyl (C=O) groups is 1. The van der Waals surface area contributed by atoms with E-state index in [1.54, 1.807) is 7.11 Å². The van der Waals surface area contributed by atoms with Crippen molar-refractivity contribution < 1.29 is 19.6 Å². The number of nitrogens with zero attached hydrogens (tertiary/aromatic N) is 5. The van der Waals surface area contributed by atoms with Crippen LogP contribution in [0.25, 0.3) is 0 Å². The maximum Gasteiger partial charge on any atom is 0.217 e. The van der Waals surface area contributed by atoms with Crippen molar-refractivity contribution in [3.63, 3.8) is 0 Å². The molecule has 0 heterocycles. The minimum Gasteiger partial charge on any atom is -0.393 e. The topological polar surface area (TPSA) is 151 Å². The fraction of sp³-hybridized carbons (Fsp3) is 0.960. The lowest BCUT2D eigenvalue weighted by molar-refractivity contribution is -0.526. The van der Waals surface area contributed by atoms with E-state index < -0.39 is 6.04 Å². The second kappa shape index (κ2) is 12.5. The molecule has 0 radical (unpaired) electrons. The number of hydrogen-bond acceptors (Lipinski definition) is 9. The van der Waals surface area contributed by atoms with E-state index in [9.17, 15) is 20.0 Å². The standard InChI is InChI=1S/C25H42N6O5/c1-15(32)26-21-13-23(30-28-20-11-12-24(33)19-6-4-3-5-18(19)20)25(36-2)14-22(21)29-27-16-7-9-17(10-8-16)31(34)35/h16-25,33H,3-14H2,1-2H3,(H,26,32). The molecule has 0 spiro atoms. The highest BCUT2D eigenvalue weighted by atomic mass is 16.6. The first-order valence-electron chi connectivity index (χ1n) is 13.8. The van der Waals surface area contributed by atoms with Gasteiger partial charge < -0.3 is 15.2 Å². The number of nitro groups is 1. The van der Waals surface area contributed by atoms with Crippen molar-refractivity contribution >= 4 is 5.91 Å². The highest BCUT2D eigenvalue weighted by Gasteiger charge is 2.42. The molecule has 2 N–H and O–H groups in total. The molecule has 4 rings (SSSR count). The minimum absolute atomic E-state index is 0.0114. The maximum atomic E-state index is 12.0. The number of carbonyl (C=O) groups excluding carboxylic acids is 1. The highest BCUT2D eigenvalue weighted by Crippen LogP contribution is 2.42. The number of aliphatic hydroxyl groups excluding tert-OH is 1. The van der Waals surface area contributed by atoms with Gasteiger partial charge >= 0.3 is 0 Å². The van der Waals surface area contributed by atoms with Gasteiger partial charge in [0.1, 0.15) is 0 Å². The Morgan fingerprint density at radius 3 is 2.22 bits per heavy atom. The molecule has 4 aliphatic carbocycles. The van der Waals surface area contributed by atoms with Gasteiger partial charge in [-0.1, -0.05) is 12.8 Å². The largest absolute Gasteiger partial charge is 0.393 e. The van der Waals surface area contributed by atoms with Gasteiger partial charge in [0.15, 0.2) is 0 Å². The lowest BCUT2D eigenvalue weighted by atomic mass is 9.67. The van der Waals surface area contributed by atoms with E-state index >= 15 is 0 Å². The van der Waals surface area contributed by atoms with Crippen LogP contribution in [0.2, 0.25) is 0 Å². The zero-order valence-corrected chi connectivity index (χ0v) is 21.6. The normalized spacial score (nSPS) is 41.8. The van der Waals surface area contributed by atoms with Gasteiger partial charge in [0.2, 0.25) is 11.9 Å². The van der Waals surface area contributed by atoms with Crippen molar-refractivity contribution in [2.75, 3.05) is 7.11 Å². The maximum absolute atomic E-state index is 12.0. The summed E-state index contributed by atoms with van der Waals surface area (Å²) in [5, 5.41) is 43.3. The van der Waals surface area contributed by atoms with Crippen LogP contribution in [0.15, 0.2) is 20.5 Å². The van der Waals surface area contributed by atoms with Gasteiger partial charge in [0.05, 0.1) is 42.4 Å². The Balaban J connectivity index is 1.40. The predicted octanol–water partition coefficient (Wildman–Crippen LogP) is 3.86. The first-order chi connectivity index (χ1) is 17.4. The molecule has 36 heavy (non-hydrogen) atoms. The number of fused-ring (bicyclic) bond motifs is 1. The van der Waals surface area contributed by atoms with Gasteiger partial charge in [0, 0.05) is 38.2 Å². The summed E-state index contributed by atoms with van der Waals surface area (Å²) in [6, 6.07) is -0.968. The summed E-state index contributed by atoms with van der Waals surface area (Å²) in [5.74, 6) is 0.608. The van der Waals surface area contributed by atoms with Crippen LogP contribution >= 0.6 is 0 Å². The monoisotopic (exact) mass is 506 g/mol. The molecule has 0 aromatic carbocycles. The fourth-order valence-electron chi connectivity index (χ4n) is 6.84. The van der Waals surface area contributed by atoms with Gasteiger partial charge in [-0.25, -0.2) is 0 Å². The van der Waals surface area contributed by atoms with Crippen LogP contribution in [0.3, 0.4) is 0 Å². The number of azo groups is 2. The molecule has 4 aliphatic rings. The Hall–Kier alpha value is -2.01. The molecule has 202 valence electrons. The van der Waals surface area contributed by atoms with Crippen molar-refractivity contribution in [2.24, 2.45) is 32.3 Å². The first-order valence-corrected chi connectivity index (χ1v) is 13.8. The zero-order chi connectivity index (χ0) is 25.7. The average Bonchev–Trinajstić information content (AvgIpc) is 2.87. The lowest BCUT2D eigenvalue weighted by Gasteiger charge is -2.42. The Morgan fingerprint density at radius 1 is 0.889 bits per heavy atom. The summed E-state index contributed by atoms with van der Waals surface area (Å²) in [5.41, 5.74) is 0. The highest BCUT2D eigenvalue weighted by molar-refractivity contribution is 5.73. The van der Waals surface area contributed by atoms with Crippen molar-refractivity contribution in [1.29, 1.82) is 0 Å². The molecule has 8 unspecified atom stereocenters. The Kier molecular flexibility index (Phi) is 9.38. The third kappa shape index (κ3) is 6.65. The predicted molar refractivity (Wildman–Crippen MR) is 132 cm³/mol. The first kappa shape index (κ1) is 27.0. The smallest absolute Gasteiger partial charge is 0.217 e. The number of methoxy groups -OCH3 is 1. The van der Waals surface area contributed by atoms with Crippen molar-refractivity contribution in [2.45, 2.75) is 132 Å². The van der Waals surface area contributed by atoms with Crippen LogP contribution in [-0.2, 0) is 9.53 Å². The van der Waals surface area contributed by atoms with E-state index in [0.29, 0.717) is 50.4 Å². The molecular weight excluding hydrogens is 464 g/mol. The Bertz CT molecular complexity index is 817. The fourth-order valence-corrected chi connectivity index (χ4v) is 6.84. The van der Waals surface area contributed by atoms with Crippen molar-refractivity contribution in [3.05, 3.63) is 10.1 Å². The Labute approximate surface area is 213 Å². The molecule has 11 nitrogen and oxygen atoms in total. The molecule has 0 bridgehead atoms. The molecule has 4 saturated carbocycles. The second-order valence-electron chi connectivity index (χ2n) is 11.2. The molecule has 4 fully saturated rings. The third-order valence-corrected chi connectivity index (χ3v) is 8.88. The molecule has 1 amide bonds. The van der Waals surface area contributed by atoms with Crippen LogP contribution in [0.1, 0.15) is 84.0 Å². The van der Waals surface area contributed by atoms with Crippen LogP contribution < -0.4 is 5.32 Å². The van der Waals surface area contributed by atoms with Crippen LogP contribution in [-0.4, -0.2) is 71.5 Å². The number of aliphatic hydroxyl groups is 1. The number of amides is 1. The molecule has 0 aromatic rings. The number of nitrogens with one attached hydrogen (secondary N) is 1. The lowest BCUT2D eigenvalue weighted by Crippen LogP contribution is -2.52. The van der Waals surface area contributed by atoms with E-state index in [1.807, 2.05) is 0 Å². The van der Waals surface area contributed by atoms with E-state index in [1.165, 1.54) is 19.8 Å². The summed E-state index contributed by atoms with van der Waals surface area (Å²) in [6.07, 6.45) is 9.33. The number of hydrogen-bond donors (Lipinski definition) is 2.